The van der Waals surface area contributed by atoms with Crippen molar-refractivity contribution in [2.45, 2.75) is 25.5 Å². The third-order valence-electron chi connectivity index (χ3n) is 4.55. The summed E-state index contributed by atoms with van der Waals surface area (Å²) in [6.07, 6.45) is 2.37. The van der Waals surface area contributed by atoms with Crippen molar-refractivity contribution < 1.29 is 9.53 Å². The quantitative estimate of drug-likeness (QED) is 0.764. The third kappa shape index (κ3) is 3.31. The summed E-state index contributed by atoms with van der Waals surface area (Å²) in [5.74, 6) is 0.838. The van der Waals surface area contributed by atoms with E-state index in [0.29, 0.717) is 24.9 Å². The molecule has 0 unspecified atom stereocenters. The summed E-state index contributed by atoms with van der Waals surface area (Å²) in [6.45, 7) is 0.893. The number of hydrogen-bond donors (Lipinski definition) is 1. The molecule has 26 heavy (non-hydrogen) atoms. The molecule has 132 valence electrons. The lowest BCUT2D eigenvalue weighted by atomic mass is 10.1. The number of amides is 1. The Morgan fingerprint density at radius 1 is 1.19 bits per heavy atom. The highest BCUT2D eigenvalue weighted by Gasteiger charge is 2.22. The Kier molecular flexibility index (Phi) is 4.39. The molecule has 1 amide bonds. The molecule has 0 aliphatic carbocycles. The fraction of sp³-hybridized carbons (Fsp3) is 0.250. The van der Waals surface area contributed by atoms with Gasteiger partial charge in [-0.3, -0.25) is 14.3 Å². The first kappa shape index (κ1) is 16.3. The summed E-state index contributed by atoms with van der Waals surface area (Å²) in [6, 6.07) is 15.2. The van der Waals surface area contributed by atoms with Crippen LogP contribution in [0.4, 0.5) is 0 Å². The molecule has 2 aromatic carbocycles. The smallest absolute Gasteiger partial charge is 0.221 e. The molecule has 0 bridgehead atoms. The number of nitrogens with zero attached hydrogens (tertiary/aromatic N) is 2. The molecule has 6 heteroatoms. The lowest BCUT2D eigenvalue weighted by Crippen LogP contribution is -2.35. The predicted octanol–water partition coefficient (Wildman–Crippen LogP) is 1.91. The van der Waals surface area contributed by atoms with Gasteiger partial charge in [0.2, 0.25) is 11.3 Å². The van der Waals surface area contributed by atoms with Gasteiger partial charge in [0.15, 0.2) is 0 Å². The Morgan fingerprint density at radius 3 is 2.88 bits per heavy atom. The lowest BCUT2D eigenvalue weighted by molar-refractivity contribution is -0.121. The van der Waals surface area contributed by atoms with Crippen LogP contribution in [0, 0.1) is 0 Å². The van der Waals surface area contributed by atoms with Crippen LogP contribution in [0.2, 0.25) is 0 Å². The van der Waals surface area contributed by atoms with Crippen LogP contribution in [-0.4, -0.2) is 28.3 Å². The van der Waals surface area contributed by atoms with E-state index in [4.69, 9.17) is 4.74 Å². The van der Waals surface area contributed by atoms with E-state index in [-0.39, 0.29) is 17.4 Å². The number of carbonyl (C=O) groups excluding carboxylic acids is 1. The zero-order chi connectivity index (χ0) is 17.9. The second kappa shape index (κ2) is 7.00. The maximum Gasteiger partial charge on any atom is 0.221 e. The SMILES string of the molecule is O=C(CCn1ncc(=O)c2ccccc21)NC[C@H]1Cc2ccccc2O1. The zero-order valence-electron chi connectivity index (χ0n) is 14.2. The molecular formula is C20H19N3O3. The van der Waals surface area contributed by atoms with E-state index in [0.717, 1.165) is 17.7 Å². The van der Waals surface area contributed by atoms with Crippen molar-refractivity contribution in [2.75, 3.05) is 6.54 Å². The molecule has 1 aliphatic heterocycles. The van der Waals surface area contributed by atoms with Gasteiger partial charge in [0.05, 0.1) is 24.8 Å². The second-order valence-corrected chi connectivity index (χ2v) is 6.35. The van der Waals surface area contributed by atoms with Crippen molar-refractivity contribution in [3.63, 3.8) is 0 Å². The standard InChI is InChI=1S/C20H19N3O3/c24-18-13-22-23(17-7-3-2-6-16(17)18)10-9-20(25)21-12-15-11-14-5-1-4-8-19(14)26-15/h1-8,13,15H,9-12H2,(H,21,25)/t15-/m1/s1. The Hall–Kier alpha value is -3.15. The van der Waals surface area contributed by atoms with Gasteiger partial charge >= 0.3 is 0 Å². The average Bonchev–Trinajstić information content (AvgIpc) is 3.09. The second-order valence-electron chi connectivity index (χ2n) is 6.35. The number of rotatable bonds is 5. The van der Waals surface area contributed by atoms with E-state index in [1.54, 1.807) is 10.7 Å². The van der Waals surface area contributed by atoms with Crippen LogP contribution in [-0.2, 0) is 17.8 Å². The van der Waals surface area contributed by atoms with E-state index in [9.17, 15) is 9.59 Å². The Morgan fingerprint density at radius 2 is 2.00 bits per heavy atom. The molecule has 4 rings (SSSR count). The average molecular weight is 349 g/mol. The van der Waals surface area contributed by atoms with Gasteiger partial charge in [0, 0.05) is 18.2 Å². The number of aromatic nitrogens is 2. The summed E-state index contributed by atoms with van der Waals surface area (Å²) in [7, 11) is 0. The molecule has 3 aromatic rings. The van der Waals surface area contributed by atoms with Gasteiger partial charge in [0.1, 0.15) is 11.9 Å². The van der Waals surface area contributed by atoms with Crippen molar-refractivity contribution in [3.05, 3.63) is 70.5 Å². The number of nitrogens with one attached hydrogen (secondary N) is 1. The third-order valence-corrected chi connectivity index (χ3v) is 4.55. The van der Waals surface area contributed by atoms with E-state index in [1.807, 2.05) is 42.5 Å². The summed E-state index contributed by atoms with van der Waals surface area (Å²) in [5, 5.41) is 7.68. The van der Waals surface area contributed by atoms with Crippen LogP contribution in [0.5, 0.6) is 5.75 Å². The number of benzene rings is 2. The molecule has 0 saturated heterocycles. The van der Waals surface area contributed by atoms with Crippen LogP contribution in [0.3, 0.4) is 0 Å². The summed E-state index contributed by atoms with van der Waals surface area (Å²) in [4.78, 5) is 24.0. The molecule has 2 heterocycles. The topological polar surface area (TPSA) is 73.2 Å². The van der Waals surface area contributed by atoms with Crippen LogP contribution >= 0.6 is 0 Å². The highest BCUT2D eigenvalue weighted by molar-refractivity contribution is 5.79. The van der Waals surface area contributed by atoms with Gasteiger partial charge in [-0.1, -0.05) is 30.3 Å². The molecule has 1 aromatic heterocycles. The molecule has 0 spiro atoms. The molecule has 6 nitrogen and oxygen atoms in total. The fourth-order valence-electron chi connectivity index (χ4n) is 3.23. The molecule has 1 aliphatic rings. The van der Waals surface area contributed by atoms with Crippen LogP contribution in [0.1, 0.15) is 12.0 Å². The van der Waals surface area contributed by atoms with E-state index in [1.165, 1.54) is 11.8 Å². The number of ether oxygens (including phenoxy) is 1. The molecule has 0 radical (unpaired) electrons. The van der Waals surface area contributed by atoms with Crippen molar-refractivity contribution in [2.24, 2.45) is 0 Å². The summed E-state index contributed by atoms with van der Waals surface area (Å²) in [5.41, 5.74) is 1.80. The monoisotopic (exact) mass is 349 g/mol. The van der Waals surface area contributed by atoms with Gasteiger partial charge in [-0.25, -0.2) is 0 Å². The van der Waals surface area contributed by atoms with Crippen molar-refractivity contribution >= 4 is 16.8 Å². The first-order valence-corrected chi connectivity index (χ1v) is 8.67. The highest BCUT2D eigenvalue weighted by atomic mass is 16.5. The van der Waals surface area contributed by atoms with Crippen molar-refractivity contribution in [1.82, 2.24) is 15.1 Å². The largest absolute Gasteiger partial charge is 0.488 e. The minimum Gasteiger partial charge on any atom is -0.488 e. The van der Waals surface area contributed by atoms with Crippen LogP contribution < -0.4 is 15.5 Å². The normalized spacial score (nSPS) is 15.5. The number of aryl methyl sites for hydroxylation is 1. The Bertz CT molecular complexity index is 987. The van der Waals surface area contributed by atoms with E-state index in [2.05, 4.69) is 10.4 Å². The first-order chi connectivity index (χ1) is 12.7. The predicted molar refractivity (Wildman–Crippen MR) is 98.2 cm³/mol. The van der Waals surface area contributed by atoms with Gasteiger partial charge in [-0.15, -0.1) is 0 Å². The highest BCUT2D eigenvalue weighted by Crippen LogP contribution is 2.27. The van der Waals surface area contributed by atoms with Crippen molar-refractivity contribution in [3.8, 4) is 5.75 Å². The maximum atomic E-state index is 12.2. The van der Waals surface area contributed by atoms with Gasteiger partial charge in [-0.05, 0) is 23.8 Å². The number of fused-ring (bicyclic) bond motifs is 2. The molecule has 0 saturated carbocycles. The maximum absolute atomic E-state index is 12.2. The summed E-state index contributed by atoms with van der Waals surface area (Å²) < 4.78 is 7.52. The Labute approximate surface area is 150 Å². The van der Waals surface area contributed by atoms with Gasteiger partial charge in [0.25, 0.3) is 0 Å². The Balaban J connectivity index is 1.33. The first-order valence-electron chi connectivity index (χ1n) is 8.67. The van der Waals surface area contributed by atoms with E-state index < -0.39 is 0 Å². The van der Waals surface area contributed by atoms with Crippen LogP contribution in [0.15, 0.2) is 59.5 Å². The molecular weight excluding hydrogens is 330 g/mol. The molecule has 1 atom stereocenters. The minimum atomic E-state index is -0.112. The lowest BCUT2D eigenvalue weighted by Gasteiger charge is -2.13. The van der Waals surface area contributed by atoms with Gasteiger partial charge in [-0.2, -0.15) is 5.10 Å². The molecule has 0 fully saturated rings. The minimum absolute atomic E-state index is 0.0253. The van der Waals surface area contributed by atoms with E-state index >= 15 is 0 Å². The zero-order valence-corrected chi connectivity index (χ0v) is 14.2. The number of carbonyl (C=O) groups is 1. The fourth-order valence-corrected chi connectivity index (χ4v) is 3.23. The number of hydrogen-bond acceptors (Lipinski definition) is 4. The van der Waals surface area contributed by atoms with Crippen molar-refractivity contribution in [1.29, 1.82) is 0 Å². The van der Waals surface area contributed by atoms with Crippen LogP contribution in [0.25, 0.3) is 10.9 Å². The number of para-hydroxylation sites is 2. The van der Waals surface area contributed by atoms with Gasteiger partial charge < -0.3 is 10.1 Å². The summed E-state index contributed by atoms with van der Waals surface area (Å²) >= 11 is 0. The molecule has 1 N–H and O–H groups in total.